The monoisotopic (exact) mass is 289 g/mol. The molecule has 1 aliphatic rings. The Morgan fingerprint density at radius 1 is 1.30 bits per heavy atom. The molecule has 1 fully saturated rings. The third-order valence-electron chi connectivity index (χ3n) is 3.82. The quantitative estimate of drug-likeness (QED) is 0.820. The van der Waals surface area contributed by atoms with Crippen LogP contribution in [0, 0.1) is 0 Å². The van der Waals surface area contributed by atoms with Gasteiger partial charge in [-0.25, -0.2) is 0 Å². The van der Waals surface area contributed by atoms with Crippen LogP contribution in [-0.4, -0.2) is 5.91 Å². The van der Waals surface area contributed by atoms with Gasteiger partial charge in [0.15, 0.2) is 0 Å². The third-order valence-corrected chi connectivity index (χ3v) is 4.07. The summed E-state index contributed by atoms with van der Waals surface area (Å²) in [5.74, 6) is -0.0438. The van der Waals surface area contributed by atoms with Crippen LogP contribution in [0.5, 0.6) is 0 Å². The van der Waals surface area contributed by atoms with Gasteiger partial charge in [-0.1, -0.05) is 42.3 Å². The minimum absolute atomic E-state index is 0.0438. The number of benzene rings is 1. The van der Waals surface area contributed by atoms with E-state index in [1.165, 1.54) is 5.56 Å². The van der Waals surface area contributed by atoms with Crippen LogP contribution in [0.1, 0.15) is 38.7 Å². The number of halogens is 1. The molecule has 106 valence electrons. The van der Waals surface area contributed by atoms with E-state index < -0.39 is 0 Å². The number of hydrogen-bond acceptors (Lipinski definition) is 1. The Hall–Kier alpha value is -1.54. The Kier molecular flexibility index (Phi) is 4.34. The highest BCUT2D eigenvalue weighted by Gasteiger charge is 2.42. The molecule has 0 aromatic heterocycles. The van der Waals surface area contributed by atoms with E-state index >= 15 is 0 Å². The molecule has 0 heterocycles. The Morgan fingerprint density at radius 3 is 2.30 bits per heavy atom. The van der Waals surface area contributed by atoms with Crippen molar-refractivity contribution in [3.05, 3.63) is 58.8 Å². The summed E-state index contributed by atoms with van der Waals surface area (Å²) >= 11 is 5.97. The number of carbonyl (C=O) groups excluding carboxylic acids is 1. The maximum absolute atomic E-state index is 11.5. The van der Waals surface area contributed by atoms with E-state index in [-0.39, 0.29) is 11.3 Å². The molecule has 0 atom stereocenters. The second-order valence-electron chi connectivity index (χ2n) is 5.53. The standard InChI is InChI=1S/C17H20ClNO/c1-12(2)11-16(19-13(3)20)17(9-4-10-17)14-5-7-15(18)8-6-14/h5-8,11H,1,4,9-10H2,2-3H3,(H,19,20). The van der Waals surface area contributed by atoms with Crippen LogP contribution in [-0.2, 0) is 10.2 Å². The molecule has 1 N–H and O–H groups in total. The second-order valence-corrected chi connectivity index (χ2v) is 5.96. The van der Waals surface area contributed by atoms with Gasteiger partial charge in [-0.2, -0.15) is 0 Å². The minimum atomic E-state index is -0.102. The smallest absolute Gasteiger partial charge is 0.221 e. The van der Waals surface area contributed by atoms with Crippen LogP contribution >= 0.6 is 11.6 Å². The van der Waals surface area contributed by atoms with Gasteiger partial charge in [-0.15, -0.1) is 0 Å². The molecule has 0 saturated heterocycles. The number of amides is 1. The van der Waals surface area contributed by atoms with Crippen LogP contribution in [0.4, 0.5) is 0 Å². The Balaban J connectivity index is 2.43. The predicted octanol–water partition coefficient (Wildman–Crippen LogP) is 4.36. The lowest BCUT2D eigenvalue weighted by Crippen LogP contribution is -2.43. The highest BCUT2D eigenvalue weighted by molar-refractivity contribution is 6.30. The van der Waals surface area contributed by atoms with Gasteiger partial charge in [0.1, 0.15) is 0 Å². The van der Waals surface area contributed by atoms with Crippen molar-refractivity contribution in [3.63, 3.8) is 0 Å². The molecule has 1 saturated carbocycles. The molecule has 1 amide bonds. The largest absolute Gasteiger partial charge is 0.329 e. The summed E-state index contributed by atoms with van der Waals surface area (Å²) in [5, 5.41) is 3.73. The zero-order valence-corrected chi connectivity index (χ0v) is 12.8. The SMILES string of the molecule is C=C(C)C=C(NC(C)=O)C1(c2ccc(Cl)cc2)CCC1. The van der Waals surface area contributed by atoms with Crippen LogP contribution in [0.3, 0.4) is 0 Å². The molecular formula is C17H20ClNO. The number of allylic oxidation sites excluding steroid dienone is 3. The second kappa shape index (κ2) is 5.84. The molecule has 2 nitrogen and oxygen atoms in total. The number of rotatable bonds is 4. The van der Waals surface area contributed by atoms with Gasteiger partial charge in [0.2, 0.25) is 5.91 Å². The van der Waals surface area contributed by atoms with Crippen molar-refractivity contribution in [3.8, 4) is 0 Å². The van der Waals surface area contributed by atoms with Crippen molar-refractivity contribution in [1.82, 2.24) is 5.32 Å². The first-order valence-corrected chi connectivity index (χ1v) is 7.23. The highest BCUT2D eigenvalue weighted by Crippen LogP contribution is 2.48. The van der Waals surface area contributed by atoms with Gasteiger partial charge in [0, 0.05) is 23.1 Å². The fourth-order valence-corrected chi connectivity index (χ4v) is 2.87. The van der Waals surface area contributed by atoms with Gasteiger partial charge in [-0.05, 0) is 43.5 Å². The van der Waals surface area contributed by atoms with Crippen molar-refractivity contribution < 1.29 is 4.79 Å². The fourth-order valence-electron chi connectivity index (χ4n) is 2.74. The first-order valence-electron chi connectivity index (χ1n) is 6.85. The Morgan fingerprint density at radius 2 is 1.90 bits per heavy atom. The molecule has 0 spiro atoms. The van der Waals surface area contributed by atoms with E-state index in [2.05, 4.69) is 24.0 Å². The van der Waals surface area contributed by atoms with Crippen LogP contribution < -0.4 is 5.32 Å². The molecule has 0 radical (unpaired) electrons. The molecule has 1 aromatic rings. The first kappa shape index (κ1) is 14.9. The number of hydrogen-bond donors (Lipinski definition) is 1. The van der Waals surface area contributed by atoms with Crippen molar-refractivity contribution in [2.75, 3.05) is 0 Å². The first-order chi connectivity index (χ1) is 9.44. The lowest BCUT2D eigenvalue weighted by atomic mass is 9.62. The summed E-state index contributed by atoms with van der Waals surface area (Å²) in [6.45, 7) is 7.42. The van der Waals surface area contributed by atoms with Gasteiger partial charge in [0.05, 0.1) is 0 Å². The molecule has 0 bridgehead atoms. The summed E-state index contributed by atoms with van der Waals surface area (Å²) in [6.07, 6.45) is 5.22. The average molecular weight is 290 g/mol. The summed E-state index contributed by atoms with van der Waals surface area (Å²) in [5.41, 5.74) is 2.99. The van der Waals surface area contributed by atoms with Crippen molar-refractivity contribution >= 4 is 17.5 Å². The van der Waals surface area contributed by atoms with E-state index in [0.29, 0.717) is 0 Å². The zero-order valence-electron chi connectivity index (χ0n) is 12.0. The lowest BCUT2D eigenvalue weighted by molar-refractivity contribution is -0.118. The summed E-state index contributed by atoms with van der Waals surface area (Å²) in [6, 6.07) is 7.91. The van der Waals surface area contributed by atoms with E-state index in [4.69, 9.17) is 11.6 Å². The molecule has 0 aliphatic heterocycles. The highest BCUT2D eigenvalue weighted by atomic mass is 35.5. The zero-order chi connectivity index (χ0) is 14.8. The summed E-state index contributed by atoms with van der Waals surface area (Å²) in [4.78, 5) is 11.5. The van der Waals surface area contributed by atoms with E-state index in [1.807, 2.05) is 25.1 Å². The van der Waals surface area contributed by atoms with E-state index in [0.717, 1.165) is 35.6 Å². The van der Waals surface area contributed by atoms with Gasteiger partial charge >= 0.3 is 0 Å². The van der Waals surface area contributed by atoms with Crippen molar-refractivity contribution in [2.24, 2.45) is 0 Å². The predicted molar refractivity (Wildman–Crippen MR) is 83.7 cm³/mol. The van der Waals surface area contributed by atoms with Crippen LogP contribution in [0.25, 0.3) is 0 Å². The Labute approximate surface area is 125 Å². The van der Waals surface area contributed by atoms with E-state index in [1.54, 1.807) is 6.92 Å². The molecule has 0 unspecified atom stereocenters. The van der Waals surface area contributed by atoms with Crippen LogP contribution in [0.15, 0.2) is 48.2 Å². The maximum Gasteiger partial charge on any atom is 0.221 e. The summed E-state index contributed by atoms with van der Waals surface area (Å²) in [7, 11) is 0. The summed E-state index contributed by atoms with van der Waals surface area (Å²) < 4.78 is 0. The van der Waals surface area contributed by atoms with Crippen molar-refractivity contribution in [2.45, 2.75) is 38.5 Å². The van der Waals surface area contributed by atoms with Gasteiger partial charge in [0.25, 0.3) is 0 Å². The molecule has 3 heteroatoms. The fraction of sp³-hybridized carbons (Fsp3) is 0.353. The molecule has 1 aliphatic carbocycles. The van der Waals surface area contributed by atoms with Gasteiger partial charge in [-0.3, -0.25) is 4.79 Å². The molecular weight excluding hydrogens is 270 g/mol. The maximum atomic E-state index is 11.5. The third kappa shape index (κ3) is 2.96. The molecule has 20 heavy (non-hydrogen) atoms. The topological polar surface area (TPSA) is 29.1 Å². The molecule has 1 aromatic carbocycles. The normalized spacial score (nSPS) is 17.2. The number of carbonyl (C=O) groups is 1. The van der Waals surface area contributed by atoms with E-state index in [9.17, 15) is 4.79 Å². The van der Waals surface area contributed by atoms with Crippen LogP contribution in [0.2, 0.25) is 5.02 Å². The Bertz CT molecular complexity index is 553. The minimum Gasteiger partial charge on any atom is -0.329 e. The molecule has 2 rings (SSSR count). The number of nitrogens with one attached hydrogen (secondary N) is 1. The lowest BCUT2D eigenvalue weighted by Gasteiger charge is -2.44. The van der Waals surface area contributed by atoms with Gasteiger partial charge < -0.3 is 5.32 Å². The van der Waals surface area contributed by atoms with Crippen molar-refractivity contribution in [1.29, 1.82) is 0 Å². The average Bonchev–Trinajstić information content (AvgIpc) is 2.28.